The third-order valence-electron chi connectivity index (χ3n) is 3.31. The predicted molar refractivity (Wildman–Crippen MR) is 88.0 cm³/mol. The predicted octanol–water partition coefficient (Wildman–Crippen LogP) is 2.52. The molecule has 0 spiro atoms. The summed E-state index contributed by atoms with van der Waals surface area (Å²) in [5.41, 5.74) is 0.514. The summed E-state index contributed by atoms with van der Waals surface area (Å²) in [4.78, 5) is 23.7. The van der Waals surface area contributed by atoms with Gasteiger partial charge >= 0.3 is 6.18 Å². The van der Waals surface area contributed by atoms with Crippen LogP contribution in [-0.4, -0.2) is 28.5 Å². The first kappa shape index (κ1) is 19.5. The molecule has 0 aliphatic carbocycles. The van der Waals surface area contributed by atoms with E-state index in [1.54, 1.807) is 12.1 Å². The fourth-order valence-electron chi connectivity index (χ4n) is 2.08. The van der Waals surface area contributed by atoms with Gasteiger partial charge in [0.25, 0.3) is 11.5 Å². The van der Waals surface area contributed by atoms with E-state index in [0.717, 1.165) is 0 Å². The van der Waals surface area contributed by atoms with Crippen molar-refractivity contribution in [2.24, 2.45) is 0 Å². The molecule has 0 unspecified atom stereocenters. The maximum absolute atomic E-state index is 12.1. The van der Waals surface area contributed by atoms with Crippen molar-refractivity contribution in [1.82, 2.24) is 15.1 Å². The summed E-state index contributed by atoms with van der Waals surface area (Å²) < 4.78 is 42.1. The molecule has 0 aliphatic rings. The van der Waals surface area contributed by atoms with Crippen molar-refractivity contribution in [1.29, 1.82) is 0 Å². The Kier molecular flexibility index (Phi) is 6.37. The lowest BCUT2D eigenvalue weighted by molar-refractivity contribution is -0.153. The fraction of sp³-hybridized carbons (Fsp3) is 0.353. The van der Waals surface area contributed by atoms with Crippen LogP contribution in [0.25, 0.3) is 0 Å². The van der Waals surface area contributed by atoms with Gasteiger partial charge < -0.3 is 10.1 Å². The molecule has 2 aromatic rings. The highest BCUT2D eigenvalue weighted by atomic mass is 19.4. The Morgan fingerprint density at radius 1 is 1.19 bits per heavy atom. The molecule has 0 bridgehead atoms. The molecule has 0 fully saturated rings. The Morgan fingerprint density at radius 3 is 2.50 bits per heavy atom. The average Bonchev–Trinajstić information content (AvgIpc) is 2.60. The molecule has 1 aromatic carbocycles. The molecule has 0 saturated heterocycles. The largest absolute Gasteiger partial charge is 0.484 e. The lowest BCUT2D eigenvalue weighted by Crippen LogP contribution is -2.29. The molecule has 2 rings (SSSR count). The van der Waals surface area contributed by atoms with E-state index in [4.69, 9.17) is 0 Å². The van der Waals surface area contributed by atoms with Gasteiger partial charge in [0.1, 0.15) is 11.4 Å². The van der Waals surface area contributed by atoms with Gasteiger partial charge in [0, 0.05) is 19.2 Å². The van der Waals surface area contributed by atoms with Crippen molar-refractivity contribution in [3.05, 3.63) is 58.0 Å². The van der Waals surface area contributed by atoms with E-state index in [-0.39, 0.29) is 23.5 Å². The lowest BCUT2D eigenvalue weighted by atomic mass is 10.2. The fourth-order valence-corrected chi connectivity index (χ4v) is 2.08. The lowest BCUT2D eigenvalue weighted by Gasteiger charge is -2.10. The van der Waals surface area contributed by atoms with Crippen LogP contribution in [0.3, 0.4) is 0 Å². The number of aromatic nitrogens is 2. The van der Waals surface area contributed by atoms with E-state index < -0.39 is 18.7 Å². The van der Waals surface area contributed by atoms with Crippen LogP contribution in [0.2, 0.25) is 0 Å². The molecular weight excluding hydrogens is 351 g/mol. The van der Waals surface area contributed by atoms with Gasteiger partial charge in [-0.3, -0.25) is 9.59 Å². The Bertz CT molecular complexity index is 801. The minimum Gasteiger partial charge on any atom is -0.484 e. The number of amides is 1. The number of halogens is 3. The first-order valence-electron chi connectivity index (χ1n) is 7.93. The van der Waals surface area contributed by atoms with Gasteiger partial charge in [-0.25, -0.2) is 4.68 Å². The van der Waals surface area contributed by atoms with Crippen molar-refractivity contribution in [2.45, 2.75) is 32.6 Å². The number of ether oxygens (including phenoxy) is 1. The summed E-state index contributed by atoms with van der Waals surface area (Å²) in [5.74, 6) is -0.363. The van der Waals surface area contributed by atoms with Crippen LogP contribution in [0.5, 0.6) is 5.75 Å². The number of nitrogens with one attached hydrogen (secondary N) is 1. The van der Waals surface area contributed by atoms with E-state index in [1.165, 1.54) is 28.9 Å². The summed E-state index contributed by atoms with van der Waals surface area (Å²) in [7, 11) is 0. The van der Waals surface area contributed by atoms with Crippen molar-refractivity contribution >= 4 is 5.91 Å². The molecular formula is C17H18F3N3O3. The Balaban J connectivity index is 1.93. The number of nitrogens with zero attached hydrogens (tertiary/aromatic N) is 2. The standard InChI is InChI=1S/C17H18F3N3O3/c1-2-9-23-15(24)8-7-14(22-23)16(25)21-10-12-3-5-13(6-4-12)26-11-17(18,19)20/h3-8H,2,9-11H2,1H3,(H,21,25). The number of benzene rings is 1. The Hall–Kier alpha value is -2.84. The van der Waals surface area contributed by atoms with Crippen molar-refractivity contribution < 1.29 is 22.7 Å². The van der Waals surface area contributed by atoms with E-state index in [9.17, 15) is 22.8 Å². The van der Waals surface area contributed by atoms with Gasteiger partial charge in [-0.2, -0.15) is 18.3 Å². The summed E-state index contributed by atoms with van der Waals surface area (Å²) >= 11 is 0. The highest BCUT2D eigenvalue weighted by Crippen LogP contribution is 2.18. The van der Waals surface area contributed by atoms with E-state index >= 15 is 0 Å². The minimum absolute atomic E-state index is 0.0886. The first-order chi connectivity index (χ1) is 12.3. The van der Waals surface area contributed by atoms with Gasteiger partial charge in [-0.1, -0.05) is 19.1 Å². The van der Waals surface area contributed by atoms with Crippen LogP contribution in [0.15, 0.2) is 41.2 Å². The quantitative estimate of drug-likeness (QED) is 0.814. The molecule has 1 amide bonds. The van der Waals surface area contributed by atoms with Crippen LogP contribution in [0.1, 0.15) is 29.4 Å². The minimum atomic E-state index is -4.39. The highest BCUT2D eigenvalue weighted by Gasteiger charge is 2.28. The third kappa shape index (κ3) is 5.91. The van der Waals surface area contributed by atoms with E-state index in [0.29, 0.717) is 18.5 Å². The Labute approximate surface area is 147 Å². The zero-order valence-corrected chi connectivity index (χ0v) is 14.0. The van der Waals surface area contributed by atoms with Gasteiger partial charge in [0.2, 0.25) is 0 Å². The SMILES string of the molecule is CCCn1nc(C(=O)NCc2ccc(OCC(F)(F)F)cc2)ccc1=O. The zero-order chi connectivity index (χ0) is 19.2. The number of alkyl halides is 3. The summed E-state index contributed by atoms with van der Waals surface area (Å²) in [6.07, 6.45) is -3.69. The van der Waals surface area contributed by atoms with Crippen LogP contribution >= 0.6 is 0 Å². The van der Waals surface area contributed by atoms with Gasteiger partial charge in [-0.05, 0) is 30.2 Å². The normalized spacial score (nSPS) is 11.2. The second kappa shape index (κ2) is 8.50. The number of aryl methyl sites for hydroxylation is 1. The molecule has 140 valence electrons. The molecule has 0 saturated carbocycles. The highest BCUT2D eigenvalue weighted by molar-refractivity contribution is 5.91. The molecule has 1 N–H and O–H groups in total. The smallest absolute Gasteiger partial charge is 0.422 e. The molecule has 1 aromatic heterocycles. The zero-order valence-electron chi connectivity index (χ0n) is 14.0. The van der Waals surface area contributed by atoms with Crippen LogP contribution in [0.4, 0.5) is 13.2 Å². The molecule has 1 heterocycles. The molecule has 26 heavy (non-hydrogen) atoms. The first-order valence-corrected chi connectivity index (χ1v) is 7.93. The van der Waals surface area contributed by atoms with Crippen LogP contribution in [-0.2, 0) is 13.1 Å². The van der Waals surface area contributed by atoms with Crippen LogP contribution < -0.4 is 15.6 Å². The molecule has 9 heteroatoms. The maximum Gasteiger partial charge on any atom is 0.422 e. The van der Waals surface area contributed by atoms with Crippen molar-refractivity contribution in [3.8, 4) is 5.75 Å². The number of hydrogen-bond donors (Lipinski definition) is 1. The molecule has 0 radical (unpaired) electrons. The molecule has 0 aliphatic heterocycles. The monoisotopic (exact) mass is 369 g/mol. The second-order valence-electron chi connectivity index (χ2n) is 5.51. The average molecular weight is 369 g/mol. The maximum atomic E-state index is 12.1. The summed E-state index contributed by atoms with van der Waals surface area (Å²) in [6.45, 7) is 1.11. The number of carbonyl (C=O) groups is 1. The van der Waals surface area contributed by atoms with Gasteiger partial charge in [0.05, 0.1) is 0 Å². The number of carbonyl (C=O) groups excluding carboxylic acids is 1. The van der Waals surface area contributed by atoms with Gasteiger partial charge in [-0.15, -0.1) is 0 Å². The Morgan fingerprint density at radius 2 is 1.88 bits per heavy atom. The number of rotatable bonds is 7. The molecule has 0 atom stereocenters. The second-order valence-corrected chi connectivity index (χ2v) is 5.51. The van der Waals surface area contributed by atoms with E-state index in [1.807, 2.05) is 6.92 Å². The molecule has 6 nitrogen and oxygen atoms in total. The van der Waals surface area contributed by atoms with E-state index in [2.05, 4.69) is 15.2 Å². The van der Waals surface area contributed by atoms with Crippen molar-refractivity contribution in [2.75, 3.05) is 6.61 Å². The summed E-state index contributed by atoms with van der Waals surface area (Å²) in [5, 5.41) is 6.64. The van der Waals surface area contributed by atoms with Crippen LogP contribution in [0, 0.1) is 0 Å². The van der Waals surface area contributed by atoms with Crippen molar-refractivity contribution in [3.63, 3.8) is 0 Å². The topological polar surface area (TPSA) is 73.2 Å². The third-order valence-corrected chi connectivity index (χ3v) is 3.31. The number of hydrogen-bond acceptors (Lipinski definition) is 4. The summed E-state index contributed by atoms with van der Waals surface area (Å²) in [6, 6.07) is 8.52. The van der Waals surface area contributed by atoms with Gasteiger partial charge in [0.15, 0.2) is 6.61 Å².